The van der Waals surface area contributed by atoms with E-state index in [9.17, 15) is 8.78 Å². The van der Waals surface area contributed by atoms with Gasteiger partial charge in [-0.25, -0.2) is 8.78 Å². The van der Waals surface area contributed by atoms with Crippen LogP contribution < -0.4 is 5.32 Å². The summed E-state index contributed by atoms with van der Waals surface area (Å²) < 4.78 is 25.3. The molecule has 1 heterocycles. The monoisotopic (exact) mass is 183 g/mol. The summed E-state index contributed by atoms with van der Waals surface area (Å²) in [4.78, 5) is 0. The highest BCUT2D eigenvalue weighted by atomic mass is 19.2. The number of hydrogen-bond donors (Lipinski definition) is 1. The van der Waals surface area contributed by atoms with Crippen LogP contribution in [0.15, 0.2) is 18.2 Å². The SMILES string of the molecule is Fc1ccc(CC2CNC2)cc1F. The van der Waals surface area contributed by atoms with Crippen LogP contribution in [-0.4, -0.2) is 13.1 Å². The zero-order valence-corrected chi connectivity index (χ0v) is 7.19. The molecule has 0 bridgehead atoms. The predicted molar refractivity (Wildman–Crippen MR) is 46.4 cm³/mol. The minimum Gasteiger partial charge on any atom is -0.316 e. The van der Waals surface area contributed by atoms with Crippen molar-refractivity contribution in [2.24, 2.45) is 5.92 Å². The first-order valence-electron chi connectivity index (χ1n) is 4.40. The Labute approximate surface area is 75.8 Å². The molecule has 0 saturated carbocycles. The van der Waals surface area contributed by atoms with E-state index in [1.165, 1.54) is 12.1 Å². The zero-order chi connectivity index (χ0) is 9.26. The minimum absolute atomic E-state index is 0.588. The maximum Gasteiger partial charge on any atom is 0.159 e. The third kappa shape index (κ3) is 1.86. The van der Waals surface area contributed by atoms with Gasteiger partial charge in [0.15, 0.2) is 11.6 Å². The fourth-order valence-corrected chi connectivity index (χ4v) is 1.49. The van der Waals surface area contributed by atoms with Gasteiger partial charge >= 0.3 is 0 Å². The van der Waals surface area contributed by atoms with Crippen molar-refractivity contribution in [1.29, 1.82) is 0 Å². The minimum atomic E-state index is -0.768. The Balaban J connectivity index is 2.07. The molecule has 0 spiro atoms. The molecule has 2 rings (SSSR count). The Bertz CT molecular complexity index is 308. The lowest BCUT2D eigenvalue weighted by molar-refractivity contribution is 0.346. The molecular formula is C10H11F2N. The second-order valence-corrected chi connectivity index (χ2v) is 3.48. The van der Waals surface area contributed by atoms with Gasteiger partial charge in [-0.3, -0.25) is 0 Å². The van der Waals surface area contributed by atoms with Crippen molar-refractivity contribution in [2.75, 3.05) is 13.1 Å². The lowest BCUT2D eigenvalue weighted by Crippen LogP contribution is -2.43. The van der Waals surface area contributed by atoms with Gasteiger partial charge in [-0.15, -0.1) is 0 Å². The molecule has 13 heavy (non-hydrogen) atoms. The molecule has 0 atom stereocenters. The Hall–Kier alpha value is -0.960. The summed E-state index contributed by atoms with van der Waals surface area (Å²) in [7, 11) is 0. The molecule has 1 aliphatic rings. The van der Waals surface area contributed by atoms with Gasteiger partial charge < -0.3 is 5.32 Å². The molecular weight excluding hydrogens is 172 g/mol. The van der Waals surface area contributed by atoms with Crippen molar-refractivity contribution in [3.8, 4) is 0 Å². The molecule has 3 heteroatoms. The number of halogens is 2. The highest BCUT2D eigenvalue weighted by molar-refractivity contribution is 5.18. The second kappa shape index (κ2) is 3.42. The standard InChI is InChI=1S/C10H11F2N/c11-9-2-1-7(4-10(9)12)3-8-5-13-6-8/h1-2,4,8,13H,3,5-6H2. The third-order valence-electron chi connectivity index (χ3n) is 2.37. The highest BCUT2D eigenvalue weighted by Crippen LogP contribution is 2.15. The van der Waals surface area contributed by atoms with E-state index >= 15 is 0 Å². The summed E-state index contributed by atoms with van der Waals surface area (Å²) in [6.45, 7) is 1.97. The molecule has 0 amide bonds. The lowest BCUT2D eigenvalue weighted by Gasteiger charge is -2.27. The molecule has 0 unspecified atom stereocenters. The summed E-state index contributed by atoms with van der Waals surface area (Å²) in [5.74, 6) is -0.926. The van der Waals surface area contributed by atoms with Crippen LogP contribution in [0.5, 0.6) is 0 Å². The van der Waals surface area contributed by atoms with Gasteiger partial charge in [-0.05, 0) is 43.1 Å². The maximum absolute atomic E-state index is 12.8. The quantitative estimate of drug-likeness (QED) is 0.736. The molecule has 0 aliphatic carbocycles. The summed E-state index contributed by atoms with van der Waals surface area (Å²) in [6, 6.07) is 4.13. The summed E-state index contributed by atoms with van der Waals surface area (Å²) in [5, 5.41) is 3.14. The fourth-order valence-electron chi connectivity index (χ4n) is 1.49. The van der Waals surface area contributed by atoms with Gasteiger partial charge in [0, 0.05) is 0 Å². The predicted octanol–water partition coefficient (Wildman–Crippen LogP) is 1.73. The first kappa shape index (κ1) is 8.63. The molecule has 70 valence electrons. The molecule has 1 fully saturated rings. The number of nitrogens with one attached hydrogen (secondary N) is 1. The average molecular weight is 183 g/mol. The van der Waals surface area contributed by atoms with E-state index in [0.717, 1.165) is 25.1 Å². The van der Waals surface area contributed by atoms with Gasteiger partial charge in [0.1, 0.15) is 0 Å². The molecule has 1 saturated heterocycles. The van der Waals surface area contributed by atoms with E-state index < -0.39 is 11.6 Å². The van der Waals surface area contributed by atoms with Crippen LogP contribution in [0, 0.1) is 17.6 Å². The smallest absolute Gasteiger partial charge is 0.159 e. The van der Waals surface area contributed by atoms with Crippen molar-refractivity contribution in [1.82, 2.24) is 5.32 Å². The molecule has 0 radical (unpaired) electrons. The van der Waals surface area contributed by atoms with Gasteiger partial charge in [-0.1, -0.05) is 6.07 Å². The van der Waals surface area contributed by atoms with Crippen LogP contribution in [0.4, 0.5) is 8.78 Å². The van der Waals surface area contributed by atoms with Gasteiger partial charge in [0.25, 0.3) is 0 Å². The highest BCUT2D eigenvalue weighted by Gasteiger charge is 2.17. The van der Waals surface area contributed by atoms with Crippen LogP contribution in [0.25, 0.3) is 0 Å². The maximum atomic E-state index is 12.8. The van der Waals surface area contributed by atoms with Crippen LogP contribution in [-0.2, 0) is 6.42 Å². The van der Waals surface area contributed by atoms with E-state index in [-0.39, 0.29) is 0 Å². The van der Waals surface area contributed by atoms with E-state index in [4.69, 9.17) is 0 Å². The fraction of sp³-hybridized carbons (Fsp3) is 0.400. The van der Waals surface area contributed by atoms with E-state index in [0.29, 0.717) is 5.92 Å². The Kier molecular flexibility index (Phi) is 2.27. The van der Waals surface area contributed by atoms with Crippen molar-refractivity contribution in [3.63, 3.8) is 0 Å². The molecule has 1 nitrogen and oxygen atoms in total. The molecule has 0 aromatic heterocycles. The second-order valence-electron chi connectivity index (χ2n) is 3.48. The first-order chi connectivity index (χ1) is 6.25. The van der Waals surface area contributed by atoms with Crippen LogP contribution in [0.3, 0.4) is 0 Å². The molecule has 1 aromatic carbocycles. The van der Waals surface area contributed by atoms with Gasteiger partial charge in [0.2, 0.25) is 0 Å². The van der Waals surface area contributed by atoms with Crippen molar-refractivity contribution in [3.05, 3.63) is 35.4 Å². The summed E-state index contributed by atoms with van der Waals surface area (Å²) in [6.07, 6.45) is 0.837. The van der Waals surface area contributed by atoms with Gasteiger partial charge in [-0.2, -0.15) is 0 Å². The molecule has 1 N–H and O–H groups in total. The van der Waals surface area contributed by atoms with Crippen LogP contribution in [0.1, 0.15) is 5.56 Å². The van der Waals surface area contributed by atoms with Gasteiger partial charge in [0.05, 0.1) is 0 Å². The lowest BCUT2D eigenvalue weighted by atomic mass is 9.94. The molecule has 1 aromatic rings. The first-order valence-corrected chi connectivity index (χ1v) is 4.40. The van der Waals surface area contributed by atoms with Crippen LogP contribution in [0.2, 0.25) is 0 Å². The van der Waals surface area contributed by atoms with E-state index in [1.54, 1.807) is 6.07 Å². The van der Waals surface area contributed by atoms with Crippen molar-refractivity contribution < 1.29 is 8.78 Å². The van der Waals surface area contributed by atoms with E-state index in [2.05, 4.69) is 5.32 Å². The number of benzene rings is 1. The Morgan fingerprint density at radius 3 is 2.54 bits per heavy atom. The zero-order valence-electron chi connectivity index (χ0n) is 7.19. The topological polar surface area (TPSA) is 12.0 Å². The largest absolute Gasteiger partial charge is 0.316 e. The summed E-state index contributed by atoms with van der Waals surface area (Å²) in [5.41, 5.74) is 0.880. The van der Waals surface area contributed by atoms with Crippen molar-refractivity contribution in [2.45, 2.75) is 6.42 Å². The van der Waals surface area contributed by atoms with Crippen molar-refractivity contribution >= 4 is 0 Å². The average Bonchev–Trinajstić information content (AvgIpc) is 2.04. The Morgan fingerprint density at radius 1 is 1.23 bits per heavy atom. The summed E-state index contributed by atoms with van der Waals surface area (Å²) >= 11 is 0. The Morgan fingerprint density at radius 2 is 2.00 bits per heavy atom. The van der Waals surface area contributed by atoms with Crippen LogP contribution >= 0.6 is 0 Å². The molecule has 1 aliphatic heterocycles. The van der Waals surface area contributed by atoms with E-state index in [1.807, 2.05) is 0 Å². The number of rotatable bonds is 2. The third-order valence-corrected chi connectivity index (χ3v) is 2.37. The normalized spacial score (nSPS) is 17.1. The number of hydrogen-bond acceptors (Lipinski definition) is 1.